The van der Waals surface area contributed by atoms with E-state index in [0.29, 0.717) is 0 Å². The van der Waals surface area contributed by atoms with Crippen molar-refractivity contribution in [3.05, 3.63) is 0 Å². The van der Waals surface area contributed by atoms with E-state index in [1.54, 1.807) is 0 Å². The highest BCUT2D eigenvalue weighted by Crippen LogP contribution is 2.38. The lowest BCUT2D eigenvalue weighted by Crippen LogP contribution is -2.51. The monoisotopic (exact) mass is 184 g/mol. The highest BCUT2D eigenvalue weighted by Gasteiger charge is 2.54. The quantitative estimate of drug-likeness (QED) is 0.565. The Morgan fingerprint density at radius 1 is 1.46 bits per heavy atom. The minimum Gasteiger partial charge on any atom is -0.373 e. The number of carbonyl (C=O) groups is 1. The molecule has 4 nitrogen and oxygen atoms in total. The average Bonchev–Trinajstić information content (AvgIpc) is 2.49. The van der Waals surface area contributed by atoms with Gasteiger partial charge in [0, 0.05) is 0 Å². The zero-order valence-electron chi connectivity index (χ0n) is 8.26. The summed E-state index contributed by atoms with van der Waals surface area (Å²) in [5.74, 6) is 0.0667. The van der Waals surface area contributed by atoms with E-state index in [1.165, 1.54) is 0 Å². The number of hydrogen-bond donors (Lipinski definition) is 2. The summed E-state index contributed by atoms with van der Waals surface area (Å²) in [6.07, 6.45) is 1.22. The van der Waals surface area contributed by atoms with Crippen LogP contribution in [0, 0.1) is 5.92 Å². The van der Waals surface area contributed by atoms with E-state index in [0.717, 1.165) is 6.42 Å². The van der Waals surface area contributed by atoms with Gasteiger partial charge in [0.1, 0.15) is 0 Å². The first kappa shape index (κ1) is 8.97. The van der Waals surface area contributed by atoms with Crippen molar-refractivity contribution in [2.45, 2.75) is 44.9 Å². The van der Waals surface area contributed by atoms with Crippen LogP contribution in [-0.2, 0) is 9.53 Å². The maximum Gasteiger partial charge on any atom is 0.238 e. The van der Waals surface area contributed by atoms with Crippen molar-refractivity contribution >= 4 is 5.91 Å². The summed E-state index contributed by atoms with van der Waals surface area (Å²) < 4.78 is 5.66. The summed E-state index contributed by atoms with van der Waals surface area (Å²) in [5, 5.41) is 0. The summed E-state index contributed by atoms with van der Waals surface area (Å²) in [4.78, 5) is 11.4. The van der Waals surface area contributed by atoms with E-state index >= 15 is 0 Å². The third kappa shape index (κ3) is 1.09. The Labute approximate surface area is 78.0 Å². The maximum absolute atomic E-state index is 11.4. The van der Waals surface area contributed by atoms with Crippen LogP contribution in [0.15, 0.2) is 0 Å². The fourth-order valence-electron chi connectivity index (χ4n) is 2.47. The Balaban J connectivity index is 2.26. The van der Waals surface area contributed by atoms with Crippen LogP contribution in [0.5, 0.6) is 0 Å². The van der Waals surface area contributed by atoms with E-state index in [2.05, 4.69) is 10.9 Å². The molecule has 2 heterocycles. The van der Waals surface area contributed by atoms with Crippen molar-refractivity contribution in [1.82, 2.24) is 10.9 Å². The van der Waals surface area contributed by atoms with Gasteiger partial charge in [-0.15, -0.1) is 0 Å². The standard InChI is InChI=1S/C9H16N2O2/c1-5-4-9(7(3)13-5)6(2)8(12)10-11-9/h5-7,11H,4H2,1-3H3,(H,10,12). The lowest BCUT2D eigenvalue weighted by atomic mass is 9.80. The highest BCUT2D eigenvalue weighted by molar-refractivity contribution is 5.81. The summed E-state index contributed by atoms with van der Waals surface area (Å²) in [6, 6.07) is 0. The zero-order chi connectivity index (χ0) is 9.64. The molecule has 2 saturated heterocycles. The van der Waals surface area contributed by atoms with Crippen LogP contribution >= 0.6 is 0 Å². The molecule has 0 aromatic heterocycles. The second kappa shape index (κ2) is 2.69. The van der Waals surface area contributed by atoms with E-state index in [1.807, 2.05) is 20.8 Å². The number of hydrazine groups is 1. The van der Waals surface area contributed by atoms with Crippen LogP contribution in [0.2, 0.25) is 0 Å². The molecule has 4 atom stereocenters. The van der Waals surface area contributed by atoms with Gasteiger partial charge in [-0.2, -0.15) is 0 Å². The van der Waals surface area contributed by atoms with Crippen LogP contribution in [0.25, 0.3) is 0 Å². The summed E-state index contributed by atoms with van der Waals surface area (Å²) >= 11 is 0. The normalized spacial score (nSPS) is 50.1. The molecule has 2 aliphatic rings. The van der Waals surface area contributed by atoms with Crippen LogP contribution in [0.4, 0.5) is 0 Å². The highest BCUT2D eigenvalue weighted by atomic mass is 16.5. The molecule has 4 heteroatoms. The van der Waals surface area contributed by atoms with Gasteiger partial charge in [0.05, 0.1) is 23.7 Å². The second-order valence-electron chi connectivity index (χ2n) is 4.17. The maximum atomic E-state index is 11.4. The lowest BCUT2D eigenvalue weighted by molar-refractivity contribution is -0.123. The smallest absolute Gasteiger partial charge is 0.238 e. The third-order valence-electron chi connectivity index (χ3n) is 3.37. The first-order valence-electron chi connectivity index (χ1n) is 4.79. The molecule has 13 heavy (non-hydrogen) atoms. The number of amides is 1. The molecule has 2 rings (SSSR count). The zero-order valence-corrected chi connectivity index (χ0v) is 8.26. The molecule has 0 bridgehead atoms. The van der Waals surface area contributed by atoms with Crippen molar-refractivity contribution in [3.8, 4) is 0 Å². The van der Waals surface area contributed by atoms with Gasteiger partial charge in [-0.1, -0.05) is 6.92 Å². The summed E-state index contributed by atoms with van der Waals surface area (Å²) in [7, 11) is 0. The van der Waals surface area contributed by atoms with Crippen molar-refractivity contribution in [2.75, 3.05) is 0 Å². The van der Waals surface area contributed by atoms with Gasteiger partial charge in [-0.3, -0.25) is 10.2 Å². The van der Waals surface area contributed by atoms with E-state index in [9.17, 15) is 4.79 Å². The van der Waals surface area contributed by atoms with Crippen molar-refractivity contribution in [2.24, 2.45) is 5.92 Å². The van der Waals surface area contributed by atoms with E-state index in [4.69, 9.17) is 4.74 Å². The van der Waals surface area contributed by atoms with Gasteiger partial charge < -0.3 is 4.74 Å². The predicted octanol–water partition coefficient (Wildman–Crippen LogP) is 0.193. The average molecular weight is 184 g/mol. The first-order chi connectivity index (χ1) is 6.06. The Morgan fingerprint density at radius 2 is 2.15 bits per heavy atom. The van der Waals surface area contributed by atoms with Gasteiger partial charge in [-0.25, -0.2) is 5.43 Å². The molecule has 0 aliphatic carbocycles. The molecule has 4 unspecified atom stereocenters. The Kier molecular flexibility index (Phi) is 1.85. The summed E-state index contributed by atoms with van der Waals surface area (Å²) in [6.45, 7) is 6.02. The molecule has 2 fully saturated rings. The van der Waals surface area contributed by atoms with Gasteiger partial charge in [0.25, 0.3) is 0 Å². The van der Waals surface area contributed by atoms with E-state index in [-0.39, 0.29) is 29.6 Å². The molecule has 0 aromatic rings. The Morgan fingerprint density at radius 3 is 2.54 bits per heavy atom. The molecule has 2 aliphatic heterocycles. The number of carbonyl (C=O) groups excluding carboxylic acids is 1. The van der Waals surface area contributed by atoms with Gasteiger partial charge >= 0.3 is 0 Å². The van der Waals surface area contributed by atoms with Gasteiger partial charge in [-0.05, 0) is 20.3 Å². The molecule has 0 radical (unpaired) electrons. The van der Waals surface area contributed by atoms with Crippen LogP contribution in [0.1, 0.15) is 27.2 Å². The van der Waals surface area contributed by atoms with E-state index < -0.39 is 0 Å². The fraction of sp³-hybridized carbons (Fsp3) is 0.889. The van der Waals surface area contributed by atoms with Crippen LogP contribution in [0.3, 0.4) is 0 Å². The third-order valence-corrected chi connectivity index (χ3v) is 3.37. The first-order valence-corrected chi connectivity index (χ1v) is 4.79. The lowest BCUT2D eigenvalue weighted by Gasteiger charge is -2.29. The molecule has 1 amide bonds. The van der Waals surface area contributed by atoms with Crippen molar-refractivity contribution in [3.63, 3.8) is 0 Å². The minimum absolute atomic E-state index is 0.00699. The summed E-state index contributed by atoms with van der Waals surface area (Å²) in [5.41, 5.74) is 5.59. The molecule has 0 saturated carbocycles. The number of hydrogen-bond acceptors (Lipinski definition) is 3. The van der Waals surface area contributed by atoms with Crippen LogP contribution < -0.4 is 10.9 Å². The fourth-order valence-corrected chi connectivity index (χ4v) is 2.47. The molecular formula is C9H16N2O2. The van der Waals surface area contributed by atoms with Crippen molar-refractivity contribution < 1.29 is 9.53 Å². The molecular weight excluding hydrogens is 168 g/mol. The molecule has 74 valence electrons. The molecule has 1 spiro atoms. The second-order valence-corrected chi connectivity index (χ2v) is 4.17. The number of rotatable bonds is 0. The van der Waals surface area contributed by atoms with Gasteiger partial charge in [0.15, 0.2) is 0 Å². The van der Waals surface area contributed by atoms with Crippen molar-refractivity contribution in [1.29, 1.82) is 0 Å². The largest absolute Gasteiger partial charge is 0.373 e. The topological polar surface area (TPSA) is 50.4 Å². The molecule has 2 N–H and O–H groups in total. The van der Waals surface area contributed by atoms with Gasteiger partial charge in [0.2, 0.25) is 5.91 Å². The molecule has 0 aromatic carbocycles. The Hall–Kier alpha value is -0.610. The number of nitrogens with one attached hydrogen (secondary N) is 2. The number of ether oxygens (including phenoxy) is 1. The predicted molar refractivity (Wildman–Crippen MR) is 47.8 cm³/mol. The Bertz CT molecular complexity index is 244. The van der Waals surface area contributed by atoms with Crippen LogP contribution in [-0.4, -0.2) is 23.7 Å². The minimum atomic E-state index is -0.184. The SMILES string of the molecule is CC1CC2(NNC(=O)C2C)C(C)O1.